The maximum Gasteiger partial charge on any atom is 0.329 e. The Morgan fingerprint density at radius 1 is 1.00 bits per heavy atom. The van der Waals surface area contributed by atoms with Gasteiger partial charge in [0.2, 0.25) is 11.7 Å². The second-order valence-corrected chi connectivity index (χ2v) is 13.5. The predicted octanol–water partition coefficient (Wildman–Crippen LogP) is 5.91. The first-order valence-electron chi connectivity index (χ1n) is 13.7. The molecule has 5 aliphatic rings. The topological polar surface area (TPSA) is 94.9 Å². The monoisotopic (exact) mass is 507 g/mol. The van der Waals surface area contributed by atoms with Crippen molar-refractivity contribution < 1.29 is 24.6 Å². The number of amides is 1. The molecule has 0 saturated heterocycles. The van der Waals surface area contributed by atoms with Crippen molar-refractivity contribution in [1.82, 2.24) is 4.90 Å². The van der Waals surface area contributed by atoms with Crippen LogP contribution in [0.25, 0.3) is 0 Å². The number of allylic oxidation sites excluding steroid dienone is 7. The van der Waals surface area contributed by atoms with Crippen molar-refractivity contribution in [2.45, 2.75) is 92.0 Å². The van der Waals surface area contributed by atoms with Gasteiger partial charge >= 0.3 is 5.97 Å². The molecule has 0 spiro atoms. The third-order valence-corrected chi connectivity index (χ3v) is 12.1. The minimum Gasteiger partial charge on any atom is -0.504 e. The van der Waals surface area contributed by atoms with Gasteiger partial charge < -0.3 is 15.1 Å². The van der Waals surface area contributed by atoms with Crippen LogP contribution in [-0.2, 0) is 14.4 Å². The number of fused-ring (bicyclic) bond motifs is 7. The molecule has 6 heteroatoms. The zero-order chi connectivity index (χ0) is 27.3. The standard InChI is InChI=1S/C31H41NO5/c1-18-20-8-9-23-28(4,21(20)16-22(34)25(18)35)12-14-30(6)24-17-31(26(36)37,32(7)19(2)33)15-11-27(24,3)10-13-29(23,30)5/h8-9,16,24,35H,10-15,17H2,1-7H3,(H,36,37)/t24-,27+,28+,29-,30+,31+/m1/s1. The number of carboxylic acids is 1. The van der Waals surface area contributed by atoms with E-state index in [1.807, 2.05) is 6.92 Å². The van der Waals surface area contributed by atoms with E-state index in [4.69, 9.17) is 0 Å². The fourth-order valence-corrected chi connectivity index (χ4v) is 9.22. The molecule has 6 atom stereocenters. The Morgan fingerprint density at radius 2 is 1.65 bits per heavy atom. The zero-order valence-electron chi connectivity index (χ0n) is 23.3. The van der Waals surface area contributed by atoms with Crippen LogP contribution in [0.1, 0.15) is 86.5 Å². The van der Waals surface area contributed by atoms with E-state index in [0.717, 1.165) is 43.3 Å². The van der Waals surface area contributed by atoms with Crippen LogP contribution < -0.4 is 0 Å². The molecule has 0 radical (unpaired) electrons. The average Bonchev–Trinajstić information content (AvgIpc) is 2.84. The molecule has 200 valence electrons. The Kier molecular flexibility index (Phi) is 5.41. The van der Waals surface area contributed by atoms with Crippen molar-refractivity contribution in [3.05, 3.63) is 46.3 Å². The minimum absolute atomic E-state index is 0.0139. The van der Waals surface area contributed by atoms with Gasteiger partial charge in [-0.2, -0.15) is 0 Å². The van der Waals surface area contributed by atoms with Crippen molar-refractivity contribution in [2.75, 3.05) is 7.05 Å². The lowest BCUT2D eigenvalue weighted by Crippen LogP contribution is -2.66. The summed E-state index contributed by atoms with van der Waals surface area (Å²) in [6.45, 7) is 12.6. The van der Waals surface area contributed by atoms with E-state index in [1.165, 1.54) is 17.4 Å². The molecule has 1 amide bonds. The van der Waals surface area contributed by atoms with Gasteiger partial charge in [0.15, 0.2) is 5.76 Å². The number of carbonyl (C=O) groups excluding carboxylic acids is 2. The SMILES string of the molecule is CC(=O)N(C)[C@@]1(C(=O)O)CC[C@]2(C)CC[C@]3(C)C4=CC=C5C(=CC(=O)C(O)=C5C)[C@]4(C)CC[C@@]3(C)[C@@H]2C1. The summed E-state index contributed by atoms with van der Waals surface area (Å²) in [5.41, 5.74) is 2.05. The Morgan fingerprint density at radius 3 is 2.27 bits per heavy atom. The van der Waals surface area contributed by atoms with Crippen LogP contribution in [-0.4, -0.2) is 45.4 Å². The molecule has 0 aliphatic heterocycles. The number of carboxylic acid groups (broad SMARTS) is 1. The van der Waals surface area contributed by atoms with Crippen molar-refractivity contribution in [3.63, 3.8) is 0 Å². The summed E-state index contributed by atoms with van der Waals surface area (Å²) in [5.74, 6) is -1.47. The molecule has 37 heavy (non-hydrogen) atoms. The van der Waals surface area contributed by atoms with Crippen LogP contribution in [0.2, 0.25) is 0 Å². The van der Waals surface area contributed by atoms with Crippen LogP contribution in [0.5, 0.6) is 0 Å². The van der Waals surface area contributed by atoms with E-state index in [2.05, 4.69) is 39.8 Å². The van der Waals surface area contributed by atoms with Gasteiger partial charge in [0.25, 0.3) is 0 Å². The summed E-state index contributed by atoms with van der Waals surface area (Å²) < 4.78 is 0. The number of likely N-dealkylation sites (N-methyl/N-ethyl adjacent to an activating group) is 1. The molecular formula is C31H41NO5. The Hall–Kier alpha value is -2.63. The van der Waals surface area contributed by atoms with Crippen LogP contribution >= 0.6 is 0 Å². The number of aliphatic carboxylic acids is 1. The number of aliphatic hydroxyl groups is 1. The summed E-state index contributed by atoms with van der Waals surface area (Å²) in [5, 5.41) is 20.8. The molecule has 2 N–H and O–H groups in total. The van der Waals surface area contributed by atoms with Crippen molar-refractivity contribution in [1.29, 1.82) is 0 Å². The minimum atomic E-state index is -1.19. The van der Waals surface area contributed by atoms with Gasteiger partial charge in [0.1, 0.15) is 5.54 Å². The lowest BCUT2D eigenvalue weighted by atomic mass is 9.34. The number of carbonyl (C=O) groups is 3. The van der Waals surface area contributed by atoms with Crippen molar-refractivity contribution in [2.24, 2.45) is 27.6 Å². The molecule has 5 rings (SSSR count). The molecule has 3 saturated carbocycles. The first-order chi connectivity index (χ1) is 17.1. The first-order valence-corrected chi connectivity index (χ1v) is 13.7. The summed E-state index contributed by atoms with van der Waals surface area (Å²) in [6.07, 6.45) is 11.4. The molecule has 0 aromatic carbocycles. The van der Waals surface area contributed by atoms with Gasteiger partial charge in [-0.05, 0) is 91.3 Å². The zero-order valence-corrected chi connectivity index (χ0v) is 23.3. The maximum atomic E-state index is 12.8. The van der Waals surface area contributed by atoms with Crippen LogP contribution in [0.3, 0.4) is 0 Å². The van der Waals surface area contributed by atoms with E-state index in [0.29, 0.717) is 18.4 Å². The Labute approximate surface area is 220 Å². The molecule has 6 nitrogen and oxygen atoms in total. The van der Waals surface area contributed by atoms with E-state index >= 15 is 0 Å². The van der Waals surface area contributed by atoms with Crippen LogP contribution in [0, 0.1) is 27.6 Å². The highest BCUT2D eigenvalue weighted by Crippen LogP contribution is 2.75. The number of ketones is 1. The predicted molar refractivity (Wildman–Crippen MR) is 142 cm³/mol. The fourth-order valence-electron chi connectivity index (χ4n) is 9.22. The molecule has 0 aromatic heterocycles. The quantitative estimate of drug-likeness (QED) is 0.485. The second-order valence-electron chi connectivity index (χ2n) is 13.5. The molecular weight excluding hydrogens is 466 g/mol. The van der Waals surface area contributed by atoms with Crippen molar-refractivity contribution in [3.8, 4) is 0 Å². The summed E-state index contributed by atoms with van der Waals surface area (Å²) in [7, 11) is 1.65. The van der Waals surface area contributed by atoms with E-state index in [9.17, 15) is 24.6 Å². The highest BCUT2D eigenvalue weighted by Gasteiger charge is 2.68. The second kappa shape index (κ2) is 7.70. The van der Waals surface area contributed by atoms with E-state index < -0.39 is 11.5 Å². The van der Waals surface area contributed by atoms with E-state index in [1.54, 1.807) is 13.1 Å². The third kappa shape index (κ3) is 3.07. The highest BCUT2D eigenvalue weighted by molar-refractivity contribution is 6.06. The average molecular weight is 508 g/mol. The molecule has 0 aromatic rings. The molecule has 0 unspecified atom stereocenters. The number of aliphatic hydroxyl groups excluding tert-OH is 1. The van der Waals surface area contributed by atoms with Gasteiger partial charge in [-0.1, -0.05) is 45.4 Å². The fraction of sp³-hybridized carbons (Fsp3) is 0.645. The molecule has 0 heterocycles. The number of hydrogen-bond donors (Lipinski definition) is 2. The smallest absolute Gasteiger partial charge is 0.329 e. The van der Waals surface area contributed by atoms with Crippen molar-refractivity contribution >= 4 is 17.7 Å². The highest BCUT2D eigenvalue weighted by atomic mass is 16.4. The lowest BCUT2D eigenvalue weighted by molar-refractivity contribution is -0.186. The van der Waals surface area contributed by atoms with Gasteiger partial charge in [0, 0.05) is 25.0 Å². The van der Waals surface area contributed by atoms with Gasteiger partial charge in [0.05, 0.1) is 0 Å². The number of nitrogens with zero attached hydrogens (tertiary/aromatic N) is 1. The Balaban J connectivity index is 1.64. The molecule has 5 aliphatic carbocycles. The third-order valence-electron chi connectivity index (χ3n) is 12.1. The van der Waals surface area contributed by atoms with E-state index in [-0.39, 0.29) is 45.0 Å². The van der Waals surface area contributed by atoms with Crippen LogP contribution in [0.4, 0.5) is 0 Å². The lowest BCUT2D eigenvalue weighted by Gasteiger charge is -2.70. The molecule has 0 bridgehead atoms. The van der Waals surface area contributed by atoms with Crippen LogP contribution in [0.15, 0.2) is 46.3 Å². The number of rotatable bonds is 2. The Bertz CT molecular complexity index is 1250. The summed E-state index contributed by atoms with van der Waals surface area (Å²) in [6, 6.07) is 0. The maximum absolute atomic E-state index is 12.8. The summed E-state index contributed by atoms with van der Waals surface area (Å²) in [4.78, 5) is 39.4. The largest absolute Gasteiger partial charge is 0.504 e. The number of hydrogen-bond acceptors (Lipinski definition) is 4. The van der Waals surface area contributed by atoms with Gasteiger partial charge in [-0.25, -0.2) is 4.79 Å². The first kappa shape index (κ1) is 26.0. The molecule has 3 fully saturated rings. The van der Waals surface area contributed by atoms with Gasteiger partial charge in [-0.15, -0.1) is 0 Å². The summed E-state index contributed by atoms with van der Waals surface area (Å²) >= 11 is 0. The van der Waals surface area contributed by atoms with Gasteiger partial charge in [-0.3, -0.25) is 9.59 Å². The normalized spacial score (nSPS) is 42.8.